The molecule has 0 aliphatic rings. The van der Waals surface area contributed by atoms with Crippen molar-refractivity contribution in [2.75, 3.05) is 0 Å². The molecule has 0 aliphatic heterocycles. The molecule has 1 aromatic heterocycles. The molecule has 0 saturated heterocycles. The highest BCUT2D eigenvalue weighted by Gasteiger charge is 2.10. The first-order valence-corrected chi connectivity index (χ1v) is 4.88. The number of pyridine rings is 1. The van der Waals surface area contributed by atoms with Crippen molar-refractivity contribution in [3.05, 3.63) is 23.0 Å². The Morgan fingerprint density at radius 1 is 1.61 bits per heavy atom. The number of carbonyl (C=O) groups excluding carboxylic acids is 2. The fraction of sp³-hybridized carbons (Fsp3) is 0.200. The van der Waals surface area contributed by atoms with E-state index in [2.05, 4.69) is 10.1 Å². The van der Waals surface area contributed by atoms with Gasteiger partial charge in [0.1, 0.15) is 5.75 Å². The average molecular weight is 252 g/mol. The van der Waals surface area contributed by atoms with Gasteiger partial charge in [-0.2, -0.15) is 5.10 Å². The van der Waals surface area contributed by atoms with Crippen LogP contribution >= 0.6 is 0 Å². The molecule has 0 aromatic carbocycles. The molecule has 0 unspecified atom stereocenters. The molecule has 1 rings (SSSR count). The minimum Gasteiger partial charge on any atom is -0.505 e. The second-order valence-corrected chi connectivity index (χ2v) is 3.35. The first kappa shape index (κ1) is 13.6. The highest BCUT2D eigenvalue weighted by molar-refractivity contribution is 6.34. The number of aromatic nitrogens is 1. The first-order chi connectivity index (χ1) is 8.47. The Morgan fingerprint density at radius 3 is 2.83 bits per heavy atom. The van der Waals surface area contributed by atoms with Crippen LogP contribution in [0.3, 0.4) is 0 Å². The maximum atomic E-state index is 10.8. The van der Waals surface area contributed by atoms with Crippen molar-refractivity contribution in [1.82, 2.24) is 10.4 Å². The number of nitrogens with two attached hydrogens (primary N) is 1. The van der Waals surface area contributed by atoms with E-state index in [0.29, 0.717) is 11.3 Å². The van der Waals surface area contributed by atoms with E-state index < -0.39 is 11.8 Å². The third kappa shape index (κ3) is 3.01. The zero-order chi connectivity index (χ0) is 13.7. The number of nitrogens with one attached hydrogen (secondary N) is 1. The minimum atomic E-state index is -1.18. The molecule has 1 aromatic rings. The number of amides is 2. The molecule has 0 fully saturated rings. The number of aliphatic hydroxyl groups is 1. The summed E-state index contributed by atoms with van der Waals surface area (Å²) < 4.78 is 0. The van der Waals surface area contributed by atoms with Crippen molar-refractivity contribution < 1.29 is 19.8 Å². The quantitative estimate of drug-likeness (QED) is 0.295. The van der Waals surface area contributed by atoms with Crippen LogP contribution in [0.25, 0.3) is 0 Å². The smallest absolute Gasteiger partial charge is 0.329 e. The Morgan fingerprint density at radius 2 is 2.28 bits per heavy atom. The minimum absolute atomic E-state index is 0.168. The van der Waals surface area contributed by atoms with Gasteiger partial charge in [-0.1, -0.05) is 0 Å². The third-order valence-corrected chi connectivity index (χ3v) is 2.11. The lowest BCUT2D eigenvalue weighted by Crippen LogP contribution is -2.32. The van der Waals surface area contributed by atoms with Crippen LogP contribution in [0.4, 0.5) is 0 Å². The van der Waals surface area contributed by atoms with E-state index >= 15 is 0 Å². The van der Waals surface area contributed by atoms with Crippen LogP contribution in [0.15, 0.2) is 11.3 Å². The van der Waals surface area contributed by atoms with E-state index in [-0.39, 0.29) is 17.9 Å². The normalized spacial score (nSPS) is 10.6. The molecule has 96 valence electrons. The first-order valence-electron chi connectivity index (χ1n) is 4.88. The number of hydrogen-bond acceptors (Lipinski definition) is 6. The van der Waals surface area contributed by atoms with E-state index in [1.54, 1.807) is 6.92 Å². The van der Waals surface area contributed by atoms with Crippen molar-refractivity contribution in [2.45, 2.75) is 13.5 Å². The van der Waals surface area contributed by atoms with E-state index in [0.717, 1.165) is 6.21 Å². The summed E-state index contributed by atoms with van der Waals surface area (Å²) in [4.78, 5) is 25.1. The number of carbonyl (C=O) groups is 2. The Kier molecular flexibility index (Phi) is 4.33. The SMILES string of the molecule is Cc1ncc(CO)c(/C=N\NC(=O)C(N)=O)c1O. The van der Waals surface area contributed by atoms with Crippen LogP contribution in [0.2, 0.25) is 0 Å². The van der Waals surface area contributed by atoms with E-state index in [1.165, 1.54) is 6.20 Å². The van der Waals surface area contributed by atoms with Gasteiger partial charge in [-0.3, -0.25) is 14.6 Å². The van der Waals surface area contributed by atoms with Gasteiger partial charge < -0.3 is 15.9 Å². The predicted octanol–water partition coefficient (Wildman–Crippen LogP) is -1.48. The zero-order valence-corrected chi connectivity index (χ0v) is 9.54. The molecule has 8 nitrogen and oxygen atoms in total. The number of hydrogen-bond donors (Lipinski definition) is 4. The van der Waals surface area contributed by atoms with Crippen molar-refractivity contribution in [2.24, 2.45) is 10.8 Å². The van der Waals surface area contributed by atoms with E-state index in [4.69, 9.17) is 10.8 Å². The molecular weight excluding hydrogens is 240 g/mol. The van der Waals surface area contributed by atoms with Crippen molar-refractivity contribution in [1.29, 1.82) is 0 Å². The summed E-state index contributed by atoms with van der Waals surface area (Å²) in [6.45, 7) is 1.21. The number of rotatable bonds is 3. The van der Waals surface area contributed by atoms with Gasteiger partial charge in [0.05, 0.1) is 18.5 Å². The van der Waals surface area contributed by atoms with Gasteiger partial charge in [-0.25, -0.2) is 5.43 Å². The molecule has 0 spiro atoms. The summed E-state index contributed by atoms with van der Waals surface area (Å²) in [7, 11) is 0. The lowest BCUT2D eigenvalue weighted by atomic mass is 10.1. The van der Waals surface area contributed by atoms with Crippen LogP contribution in [0, 0.1) is 6.92 Å². The standard InChI is InChI=1S/C10H12N4O4/c1-5-8(16)7(6(4-15)2-12-5)3-13-14-10(18)9(11)17/h2-3,15-16H,4H2,1H3,(H2,11,17)(H,14,18)/b13-3-. The topological polar surface area (TPSA) is 138 Å². The summed E-state index contributed by atoms with van der Waals surface area (Å²) in [5.74, 6) is -2.43. The lowest BCUT2D eigenvalue weighted by molar-refractivity contribution is -0.137. The van der Waals surface area contributed by atoms with Gasteiger partial charge in [0.15, 0.2) is 0 Å². The van der Waals surface area contributed by atoms with Crippen molar-refractivity contribution in [3.8, 4) is 5.75 Å². The fourth-order valence-electron chi connectivity index (χ4n) is 1.13. The van der Waals surface area contributed by atoms with Gasteiger partial charge in [0, 0.05) is 17.3 Å². The van der Waals surface area contributed by atoms with Gasteiger partial charge >= 0.3 is 11.8 Å². The highest BCUT2D eigenvalue weighted by Crippen LogP contribution is 2.21. The lowest BCUT2D eigenvalue weighted by Gasteiger charge is -2.06. The Hall–Kier alpha value is -2.48. The molecule has 5 N–H and O–H groups in total. The summed E-state index contributed by atoms with van der Waals surface area (Å²) in [6.07, 6.45) is 2.46. The summed E-state index contributed by atoms with van der Waals surface area (Å²) >= 11 is 0. The van der Waals surface area contributed by atoms with Gasteiger partial charge in [0.2, 0.25) is 0 Å². The molecule has 0 radical (unpaired) electrons. The van der Waals surface area contributed by atoms with Crippen LogP contribution in [-0.2, 0) is 16.2 Å². The van der Waals surface area contributed by atoms with Crippen LogP contribution in [-0.4, -0.2) is 33.2 Å². The van der Waals surface area contributed by atoms with E-state index in [9.17, 15) is 14.7 Å². The average Bonchev–Trinajstić information content (AvgIpc) is 2.34. The van der Waals surface area contributed by atoms with Gasteiger partial charge in [-0.15, -0.1) is 0 Å². The summed E-state index contributed by atoms with van der Waals surface area (Å²) in [5, 5.41) is 22.2. The van der Waals surface area contributed by atoms with Gasteiger partial charge in [0.25, 0.3) is 0 Å². The second kappa shape index (κ2) is 5.73. The van der Waals surface area contributed by atoms with Crippen LogP contribution in [0.5, 0.6) is 5.75 Å². The number of aromatic hydroxyl groups is 1. The Bertz CT molecular complexity index is 513. The van der Waals surface area contributed by atoms with Crippen LogP contribution in [0.1, 0.15) is 16.8 Å². The third-order valence-electron chi connectivity index (χ3n) is 2.11. The zero-order valence-electron chi connectivity index (χ0n) is 9.54. The molecule has 1 heterocycles. The predicted molar refractivity (Wildman–Crippen MR) is 61.5 cm³/mol. The Labute approximate surface area is 102 Å². The maximum absolute atomic E-state index is 10.8. The summed E-state index contributed by atoms with van der Waals surface area (Å²) in [5.41, 5.74) is 7.45. The molecular formula is C10H12N4O4. The van der Waals surface area contributed by atoms with Gasteiger partial charge in [-0.05, 0) is 6.92 Å². The number of aryl methyl sites for hydroxylation is 1. The highest BCUT2D eigenvalue weighted by atomic mass is 16.3. The molecule has 8 heteroatoms. The number of aliphatic hydroxyl groups excluding tert-OH is 1. The fourth-order valence-corrected chi connectivity index (χ4v) is 1.13. The number of hydrazone groups is 1. The van der Waals surface area contributed by atoms with Crippen molar-refractivity contribution in [3.63, 3.8) is 0 Å². The molecule has 0 saturated carbocycles. The molecule has 0 atom stereocenters. The number of nitrogens with zero attached hydrogens (tertiary/aromatic N) is 2. The summed E-state index contributed by atoms with van der Waals surface area (Å²) in [6, 6.07) is 0. The largest absolute Gasteiger partial charge is 0.505 e. The molecule has 0 aliphatic carbocycles. The number of primary amides is 1. The maximum Gasteiger partial charge on any atom is 0.329 e. The second-order valence-electron chi connectivity index (χ2n) is 3.35. The van der Waals surface area contributed by atoms with Crippen LogP contribution < -0.4 is 11.2 Å². The monoisotopic (exact) mass is 252 g/mol. The molecule has 2 amide bonds. The van der Waals surface area contributed by atoms with E-state index in [1.807, 2.05) is 5.43 Å². The molecule has 18 heavy (non-hydrogen) atoms. The Balaban J connectivity index is 2.96. The van der Waals surface area contributed by atoms with Crippen molar-refractivity contribution >= 4 is 18.0 Å². The molecule has 0 bridgehead atoms.